The van der Waals surface area contributed by atoms with Gasteiger partial charge in [-0.05, 0) is 48.6 Å². The highest BCUT2D eigenvalue weighted by Gasteiger charge is 2.43. The van der Waals surface area contributed by atoms with E-state index in [1.807, 2.05) is 31.2 Å². The van der Waals surface area contributed by atoms with Crippen LogP contribution in [0.5, 0.6) is 0 Å². The monoisotopic (exact) mass is 435 g/mol. The quantitative estimate of drug-likeness (QED) is 0.574. The molecule has 0 unspecified atom stereocenters. The minimum atomic E-state index is -0.860. The number of aromatic nitrogens is 2. The van der Waals surface area contributed by atoms with Crippen molar-refractivity contribution in [1.29, 1.82) is 0 Å². The van der Waals surface area contributed by atoms with E-state index < -0.39 is 11.7 Å². The summed E-state index contributed by atoms with van der Waals surface area (Å²) < 4.78 is 19.4. The third kappa shape index (κ3) is 4.48. The smallest absolute Gasteiger partial charge is 0.411 e. The van der Waals surface area contributed by atoms with E-state index in [1.54, 1.807) is 29.4 Å². The predicted molar refractivity (Wildman–Crippen MR) is 118 cm³/mol. The van der Waals surface area contributed by atoms with Gasteiger partial charge < -0.3 is 14.7 Å². The number of benzene rings is 2. The van der Waals surface area contributed by atoms with Gasteiger partial charge in [0, 0.05) is 37.5 Å². The summed E-state index contributed by atoms with van der Waals surface area (Å²) >= 11 is 0. The number of carbonyl (C=O) groups excluding carboxylic acids is 1. The molecule has 166 valence electrons. The average Bonchev–Trinajstić information content (AvgIpc) is 2.83. The summed E-state index contributed by atoms with van der Waals surface area (Å²) in [6.45, 7) is 2.47. The van der Waals surface area contributed by atoms with Crippen LogP contribution in [0.15, 0.2) is 67.3 Å². The lowest BCUT2D eigenvalue weighted by Gasteiger charge is -2.43. The van der Waals surface area contributed by atoms with Crippen molar-refractivity contribution < 1.29 is 19.0 Å². The second kappa shape index (κ2) is 9.44. The number of nitrogens with zero attached hydrogens (tertiary/aromatic N) is 3. The minimum absolute atomic E-state index is 0.000580. The number of carbonyl (C=O) groups is 1. The van der Waals surface area contributed by atoms with Crippen molar-refractivity contribution in [3.05, 3.63) is 84.2 Å². The van der Waals surface area contributed by atoms with Gasteiger partial charge in [0.15, 0.2) is 0 Å². The predicted octanol–water partition coefficient (Wildman–Crippen LogP) is 4.85. The standard InChI is InChI=1S/C25H26FN3O3/c1-18(19-3-5-20(6-4-19)21-15-27-17-28-16-21)29-13-12-25(11-2-14-30,32-24(29)31)22-7-9-23(26)10-8-22/h3-10,15-18,30H,2,11-14H2,1H3/t18-,25+/m0/s1. The van der Waals surface area contributed by atoms with E-state index in [2.05, 4.69) is 9.97 Å². The number of amides is 1. The van der Waals surface area contributed by atoms with E-state index in [9.17, 15) is 14.3 Å². The van der Waals surface area contributed by atoms with Gasteiger partial charge in [-0.25, -0.2) is 19.2 Å². The molecule has 1 saturated heterocycles. The number of rotatable bonds is 7. The highest BCUT2D eigenvalue weighted by Crippen LogP contribution is 2.40. The Labute approximate surface area is 186 Å². The van der Waals surface area contributed by atoms with Crippen LogP contribution in [-0.4, -0.2) is 39.2 Å². The van der Waals surface area contributed by atoms with E-state index in [0.717, 1.165) is 22.3 Å². The molecule has 0 radical (unpaired) electrons. The van der Waals surface area contributed by atoms with Crippen molar-refractivity contribution in [2.75, 3.05) is 13.2 Å². The Morgan fingerprint density at radius 1 is 1.09 bits per heavy atom. The lowest BCUT2D eigenvalue weighted by Crippen LogP contribution is -2.48. The summed E-state index contributed by atoms with van der Waals surface area (Å²) in [4.78, 5) is 22.9. The average molecular weight is 435 g/mol. The van der Waals surface area contributed by atoms with E-state index in [1.165, 1.54) is 18.5 Å². The summed E-state index contributed by atoms with van der Waals surface area (Å²) in [5.74, 6) is -0.339. The van der Waals surface area contributed by atoms with Crippen molar-refractivity contribution >= 4 is 6.09 Å². The molecule has 1 aliphatic rings. The van der Waals surface area contributed by atoms with Crippen LogP contribution in [0.2, 0.25) is 0 Å². The molecule has 2 aromatic carbocycles. The SMILES string of the molecule is C[C@@H](c1ccc(-c2cncnc2)cc1)N1CC[C@](CCCO)(c2ccc(F)cc2)OC1=O. The fourth-order valence-corrected chi connectivity index (χ4v) is 4.24. The molecule has 1 amide bonds. The number of aliphatic hydroxyl groups excluding tert-OH is 1. The first-order chi connectivity index (χ1) is 15.5. The second-order valence-corrected chi connectivity index (χ2v) is 8.06. The Morgan fingerprint density at radius 2 is 1.78 bits per heavy atom. The fourth-order valence-electron chi connectivity index (χ4n) is 4.24. The van der Waals surface area contributed by atoms with Crippen LogP contribution >= 0.6 is 0 Å². The number of aliphatic hydroxyl groups is 1. The van der Waals surface area contributed by atoms with E-state index in [4.69, 9.17) is 4.74 Å². The maximum Gasteiger partial charge on any atom is 0.411 e. The largest absolute Gasteiger partial charge is 0.438 e. The molecular formula is C25H26FN3O3. The molecule has 1 fully saturated rings. The molecule has 2 atom stereocenters. The molecule has 0 spiro atoms. The van der Waals surface area contributed by atoms with E-state index in [0.29, 0.717) is 25.8 Å². The van der Waals surface area contributed by atoms with Gasteiger partial charge in [0.1, 0.15) is 17.7 Å². The first-order valence-electron chi connectivity index (χ1n) is 10.7. The molecule has 0 bridgehead atoms. The second-order valence-electron chi connectivity index (χ2n) is 8.06. The lowest BCUT2D eigenvalue weighted by molar-refractivity contribution is -0.0680. The third-order valence-corrected chi connectivity index (χ3v) is 6.14. The molecular weight excluding hydrogens is 409 g/mol. The van der Waals surface area contributed by atoms with Gasteiger partial charge in [-0.1, -0.05) is 36.4 Å². The van der Waals surface area contributed by atoms with Gasteiger partial charge in [-0.3, -0.25) is 0 Å². The van der Waals surface area contributed by atoms with Gasteiger partial charge in [-0.2, -0.15) is 0 Å². The maximum absolute atomic E-state index is 13.4. The van der Waals surface area contributed by atoms with Crippen LogP contribution in [0.3, 0.4) is 0 Å². The molecule has 7 heteroatoms. The number of hydrogen-bond acceptors (Lipinski definition) is 5. The summed E-state index contributed by atoms with van der Waals surface area (Å²) in [5.41, 5.74) is 2.81. The zero-order chi connectivity index (χ0) is 22.6. The molecule has 0 aliphatic carbocycles. The van der Waals surface area contributed by atoms with Crippen molar-refractivity contribution in [1.82, 2.24) is 14.9 Å². The van der Waals surface area contributed by atoms with Crippen LogP contribution in [0.1, 0.15) is 43.4 Å². The van der Waals surface area contributed by atoms with Crippen LogP contribution in [0.25, 0.3) is 11.1 Å². The van der Waals surface area contributed by atoms with Crippen molar-refractivity contribution in [3.63, 3.8) is 0 Å². The van der Waals surface area contributed by atoms with E-state index in [-0.39, 0.29) is 18.5 Å². The Hall–Kier alpha value is -3.32. The first-order valence-corrected chi connectivity index (χ1v) is 10.7. The molecule has 1 aromatic heterocycles. The fraction of sp³-hybridized carbons (Fsp3) is 0.320. The summed E-state index contributed by atoms with van der Waals surface area (Å²) in [7, 11) is 0. The van der Waals surface area contributed by atoms with Crippen LogP contribution in [0.4, 0.5) is 9.18 Å². The molecule has 3 aromatic rings. The van der Waals surface area contributed by atoms with Crippen LogP contribution in [0, 0.1) is 5.82 Å². The van der Waals surface area contributed by atoms with Gasteiger partial charge in [0.05, 0.1) is 6.04 Å². The third-order valence-electron chi connectivity index (χ3n) is 6.14. The Balaban J connectivity index is 1.51. The maximum atomic E-state index is 13.4. The van der Waals surface area contributed by atoms with Gasteiger partial charge in [0.25, 0.3) is 0 Å². The molecule has 1 aliphatic heterocycles. The van der Waals surface area contributed by atoms with Gasteiger partial charge >= 0.3 is 6.09 Å². The number of cyclic esters (lactones) is 1. The highest BCUT2D eigenvalue weighted by molar-refractivity contribution is 5.70. The van der Waals surface area contributed by atoms with Crippen molar-refractivity contribution in [3.8, 4) is 11.1 Å². The Bertz CT molecular complexity index is 1040. The number of halogens is 1. The topological polar surface area (TPSA) is 75.6 Å². The van der Waals surface area contributed by atoms with E-state index >= 15 is 0 Å². The molecule has 2 heterocycles. The summed E-state index contributed by atoms with van der Waals surface area (Å²) in [6.07, 6.45) is 6.14. The zero-order valence-electron chi connectivity index (χ0n) is 17.9. The molecule has 1 N–H and O–H groups in total. The Kier molecular flexibility index (Phi) is 6.46. The minimum Gasteiger partial charge on any atom is -0.438 e. The number of ether oxygens (including phenoxy) is 1. The van der Waals surface area contributed by atoms with Crippen LogP contribution < -0.4 is 0 Å². The normalized spacial score (nSPS) is 19.5. The molecule has 6 nitrogen and oxygen atoms in total. The number of hydrogen-bond donors (Lipinski definition) is 1. The van der Waals surface area contributed by atoms with Crippen molar-refractivity contribution in [2.24, 2.45) is 0 Å². The molecule has 32 heavy (non-hydrogen) atoms. The lowest BCUT2D eigenvalue weighted by atomic mass is 9.84. The highest BCUT2D eigenvalue weighted by atomic mass is 19.1. The molecule has 0 saturated carbocycles. The van der Waals surface area contributed by atoms with Gasteiger partial charge in [0.2, 0.25) is 0 Å². The van der Waals surface area contributed by atoms with Crippen molar-refractivity contribution in [2.45, 2.75) is 37.8 Å². The summed E-state index contributed by atoms with van der Waals surface area (Å²) in [6, 6.07) is 13.9. The summed E-state index contributed by atoms with van der Waals surface area (Å²) in [5, 5.41) is 9.34. The van der Waals surface area contributed by atoms with Gasteiger partial charge in [-0.15, -0.1) is 0 Å². The molecule has 4 rings (SSSR count). The Morgan fingerprint density at radius 3 is 2.41 bits per heavy atom. The zero-order valence-corrected chi connectivity index (χ0v) is 17.9. The van der Waals surface area contributed by atoms with Crippen LogP contribution in [-0.2, 0) is 10.3 Å². The first kappa shape index (κ1) is 21.9.